The van der Waals surface area contributed by atoms with Crippen LogP contribution in [0.2, 0.25) is 0 Å². The Balaban J connectivity index is 1.58. The molecule has 1 fully saturated rings. The molecule has 0 bridgehead atoms. The highest BCUT2D eigenvalue weighted by atomic mass is 32.1. The van der Waals surface area contributed by atoms with E-state index in [2.05, 4.69) is 10.3 Å². The molecule has 1 amide bonds. The molecule has 5 nitrogen and oxygen atoms in total. The topological polar surface area (TPSA) is 66.6 Å². The largest absolute Gasteiger partial charge is 0.382 e. The van der Waals surface area contributed by atoms with E-state index in [1.54, 1.807) is 4.40 Å². The van der Waals surface area contributed by atoms with E-state index in [9.17, 15) is 9.90 Å². The number of thiophene rings is 1. The van der Waals surface area contributed by atoms with Gasteiger partial charge in [-0.25, -0.2) is 4.98 Å². The molecule has 1 aliphatic carbocycles. The fourth-order valence-electron chi connectivity index (χ4n) is 3.20. The molecule has 1 unspecified atom stereocenters. The van der Waals surface area contributed by atoms with Gasteiger partial charge in [0, 0.05) is 11.1 Å². The second-order valence-electron chi connectivity index (χ2n) is 6.33. The number of nitrogens with one attached hydrogen (secondary N) is 1. The number of aromatic nitrogens is 2. The molecule has 0 saturated heterocycles. The molecule has 0 aromatic carbocycles. The number of amides is 1. The highest BCUT2D eigenvalue weighted by molar-refractivity contribution is 7.10. The van der Waals surface area contributed by atoms with Crippen molar-refractivity contribution in [2.75, 3.05) is 6.54 Å². The van der Waals surface area contributed by atoms with E-state index < -0.39 is 5.60 Å². The zero-order chi connectivity index (χ0) is 16.7. The van der Waals surface area contributed by atoms with Crippen LogP contribution in [0.5, 0.6) is 0 Å². The number of aliphatic hydroxyl groups is 1. The lowest BCUT2D eigenvalue weighted by atomic mass is 9.95. The summed E-state index contributed by atoms with van der Waals surface area (Å²) in [6.45, 7) is 2.05. The van der Waals surface area contributed by atoms with Crippen molar-refractivity contribution in [1.29, 1.82) is 0 Å². The molecule has 1 aliphatic rings. The van der Waals surface area contributed by atoms with Crippen molar-refractivity contribution in [3.63, 3.8) is 0 Å². The zero-order valence-corrected chi connectivity index (χ0v) is 14.2. The molecule has 2 N–H and O–H groups in total. The van der Waals surface area contributed by atoms with Crippen molar-refractivity contribution in [3.8, 4) is 0 Å². The van der Waals surface area contributed by atoms with Gasteiger partial charge in [-0.1, -0.05) is 12.1 Å². The first-order valence-corrected chi connectivity index (χ1v) is 8.96. The molecular formula is C18H19N3O2S. The summed E-state index contributed by atoms with van der Waals surface area (Å²) in [6, 6.07) is 9.51. The molecule has 124 valence electrons. The Morgan fingerprint density at radius 1 is 1.42 bits per heavy atom. The Morgan fingerprint density at radius 3 is 2.96 bits per heavy atom. The van der Waals surface area contributed by atoms with Gasteiger partial charge in [0.1, 0.15) is 16.9 Å². The monoisotopic (exact) mass is 341 g/mol. The lowest BCUT2D eigenvalue weighted by Gasteiger charge is -2.27. The van der Waals surface area contributed by atoms with Crippen molar-refractivity contribution >= 4 is 22.9 Å². The molecule has 0 radical (unpaired) electrons. The number of aryl methyl sites for hydroxylation is 1. The van der Waals surface area contributed by atoms with Crippen molar-refractivity contribution in [3.05, 3.63) is 58.2 Å². The molecule has 1 saturated carbocycles. The first kappa shape index (κ1) is 15.4. The maximum absolute atomic E-state index is 12.7. The van der Waals surface area contributed by atoms with Gasteiger partial charge in [0.25, 0.3) is 5.91 Å². The lowest BCUT2D eigenvalue weighted by Crippen LogP contribution is -2.42. The summed E-state index contributed by atoms with van der Waals surface area (Å²) >= 11 is 1.53. The maximum Gasteiger partial charge on any atom is 0.270 e. The van der Waals surface area contributed by atoms with E-state index in [1.807, 2.05) is 48.8 Å². The fraction of sp³-hybridized carbons (Fsp3) is 0.333. The highest BCUT2D eigenvalue weighted by Crippen LogP contribution is 2.46. The van der Waals surface area contributed by atoms with E-state index in [4.69, 9.17) is 0 Å². The smallest absolute Gasteiger partial charge is 0.270 e. The third kappa shape index (κ3) is 2.52. The van der Waals surface area contributed by atoms with Crippen LogP contribution in [0.25, 0.3) is 5.65 Å². The van der Waals surface area contributed by atoms with Crippen LogP contribution in [0.1, 0.15) is 33.9 Å². The van der Waals surface area contributed by atoms with Crippen molar-refractivity contribution in [2.24, 2.45) is 5.92 Å². The Labute approximate surface area is 144 Å². The van der Waals surface area contributed by atoms with E-state index in [-0.39, 0.29) is 18.4 Å². The second kappa shape index (κ2) is 5.72. The van der Waals surface area contributed by atoms with Gasteiger partial charge in [0.05, 0.1) is 12.2 Å². The van der Waals surface area contributed by atoms with Crippen LogP contribution in [-0.2, 0) is 5.60 Å². The minimum absolute atomic E-state index is 0.207. The van der Waals surface area contributed by atoms with Gasteiger partial charge in [-0.15, -0.1) is 11.3 Å². The van der Waals surface area contributed by atoms with Gasteiger partial charge in [-0.05, 0) is 49.3 Å². The van der Waals surface area contributed by atoms with E-state index in [1.165, 1.54) is 11.3 Å². The summed E-state index contributed by atoms with van der Waals surface area (Å²) in [6.07, 6.45) is 3.83. The van der Waals surface area contributed by atoms with E-state index in [0.29, 0.717) is 11.4 Å². The van der Waals surface area contributed by atoms with E-state index >= 15 is 0 Å². The summed E-state index contributed by atoms with van der Waals surface area (Å²) in [5.74, 6) is 0.0153. The Hall–Kier alpha value is -2.18. The van der Waals surface area contributed by atoms with Crippen LogP contribution in [-0.4, -0.2) is 26.9 Å². The van der Waals surface area contributed by atoms with Crippen molar-refractivity contribution < 1.29 is 9.90 Å². The highest BCUT2D eigenvalue weighted by Gasteiger charge is 2.46. The second-order valence-corrected chi connectivity index (χ2v) is 7.28. The summed E-state index contributed by atoms with van der Waals surface area (Å²) in [4.78, 5) is 18.1. The number of hydrogen-bond acceptors (Lipinski definition) is 4. The summed E-state index contributed by atoms with van der Waals surface area (Å²) in [5.41, 5.74) is 0.980. The summed E-state index contributed by atoms with van der Waals surface area (Å²) < 4.78 is 1.78. The number of imidazole rings is 1. The number of fused-ring (bicyclic) bond motifs is 1. The molecular weight excluding hydrogens is 322 g/mol. The molecule has 0 spiro atoms. The number of carbonyl (C=O) groups is 1. The molecule has 6 heteroatoms. The van der Waals surface area contributed by atoms with Crippen molar-refractivity contribution in [2.45, 2.75) is 25.4 Å². The average Bonchev–Trinajstić information content (AvgIpc) is 3.18. The van der Waals surface area contributed by atoms with Gasteiger partial charge in [-0.2, -0.15) is 0 Å². The number of hydrogen-bond donors (Lipinski definition) is 2. The zero-order valence-electron chi connectivity index (χ0n) is 13.4. The van der Waals surface area contributed by atoms with Crippen LogP contribution in [0, 0.1) is 12.8 Å². The number of rotatable bonds is 5. The van der Waals surface area contributed by atoms with Crippen LogP contribution >= 0.6 is 11.3 Å². The van der Waals surface area contributed by atoms with Crippen LogP contribution in [0.4, 0.5) is 0 Å². The maximum atomic E-state index is 12.7. The van der Waals surface area contributed by atoms with Gasteiger partial charge >= 0.3 is 0 Å². The molecule has 24 heavy (non-hydrogen) atoms. The third-order valence-electron chi connectivity index (χ3n) is 4.64. The summed E-state index contributed by atoms with van der Waals surface area (Å²) in [7, 11) is 0. The van der Waals surface area contributed by atoms with Crippen LogP contribution < -0.4 is 5.32 Å². The average molecular weight is 341 g/mol. The van der Waals surface area contributed by atoms with Crippen LogP contribution in [0.15, 0.2) is 41.9 Å². The fourth-order valence-corrected chi connectivity index (χ4v) is 4.11. The van der Waals surface area contributed by atoms with Crippen molar-refractivity contribution in [1.82, 2.24) is 14.7 Å². The first-order chi connectivity index (χ1) is 11.6. The summed E-state index contributed by atoms with van der Waals surface area (Å²) in [5, 5.41) is 16.0. The quantitative estimate of drug-likeness (QED) is 0.750. The Kier molecular flexibility index (Phi) is 3.66. The molecule has 1 atom stereocenters. The molecule has 3 heterocycles. The Morgan fingerprint density at radius 2 is 2.25 bits per heavy atom. The predicted octanol–water partition coefficient (Wildman–Crippen LogP) is 2.73. The van der Waals surface area contributed by atoms with Gasteiger partial charge < -0.3 is 10.4 Å². The molecule has 3 aromatic rings. The minimum Gasteiger partial charge on any atom is -0.382 e. The lowest BCUT2D eigenvalue weighted by molar-refractivity contribution is 0.0168. The third-order valence-corrected chi connectivity index (χ3v) is 5.68. The molecule has 0 aliphatic heterocycles. The number of nitrogens with zero attached hydrogens (tertiary/aromatic N) is 2. The van der Waals surface area contributed by atoms with E-state index in [0.717, 1.165) is 23.4 Å². The normalized spacial score (nSPS) is 16.9. The molecule has 4 rings (SSSR count). The SMILES string of the molecule is Cc1nc2ccccn2c1C(=O)NCC(O)(c1cccs1)C1CC1. The number of pyridine rings is 1. The molecule has 3 aromatic heterocycles. The standard InChI is InChI=1S/C18H19N3O2S/c1-12-16(21-9-3-2-6-15(21)20-12)17(22)19-11-18(23,13-7-8-13)14-5-4-10-24-14/h2-6,9-10,13,23H,7-8,11H2,1H3,(H,19,22). The Bertz CT molecular complexity index is 883. The first-order valence-electron chi connectivity index (χ1n) is 8.08. The predicted molar refractivity (Wildman–Crippen MR) is 93.2 cm³/mol. The van der Waals surface area contributed by atoms with Gasteiger partial charge in [0.2, 0.25) is 0 Å². The van der Waals surface area contributed by atoms with Crippen LogP contribution in [0.3, 0.4) is 0 Å². The number of carbonyl (C=O) groups excluding carboxylic acids is 1. The minimum atomic E-state index is -0.974. The van der Waals surface area contributed by atoms with Gasteiger partial charge in [-0.3, -0.25) is 9.20 Å². The van der Waals surface area contributed by atoms with Gasteiger partial charge in [0.15, 0.2) is 0 Å².